The molecule has 1 heterocycles. The lowest BCUT2D eigenvalue weighted by molar-refractivity contribution is 0.291. The molecule has 0 amide bonds. The van der Waals surface area contributed by atoms with Crippen LogP contribution in [0.4, 0.5) is 0 Å². The fourth-order valence-electron chi connectivity index (χ4n) is 2.41. The summed E-state index contributed by atoms with van der Waals surface area (Å²) in [6.45, 7) is 5.16. The molecule has 0 fully saturated rings. The minimum atomic E-state index is 0.269. The van der Waals surface area contributed by atoms with Crippen LogP contribution in [0.15, 0.2) is 59.8 Å². The lowest BCUT2D eigenvalue weighted by atomic mass is 10.0. The van der Waals surface area contributed by atoms with Gasteiger partial charge in [-0.1, -0.05) is 55.9 Å². The summed E-state index contributed by atoms with van der Waals surface area (Å²) in [4.78, 5) is 0. The van der Waals surface area contributed by atoms with Gasteiger partial charge in [0.15, 0.2) is 5.82 Å². The Bertz CT molecular complexity index is 835. The number of benzene rings is 2. The Balaban J connectivity index is 1.46. The number of nitrogens with two attached hydrogens (primary N) is 1. The smallest absolute Gasteiger partial charge is 0.210 e. The number of nitrogen functional groups attached to an aromatic ring is 1. The molecule has 0 atom stereocenters. The van der Waals surface area contributed by atoms with E-state index in [4.69, 9.17) is 15.3 Å². The number of aromatic nitrogens is 3. The van der Waals surface area contributed by atoms with Gasteiger partial charge in [0, 0.05) is 5.75 Å². The number of hydrogen-bond acceptors (Lipinski definition) is 6. The summed E-state index contributed by atoms with van der Waals surface area (Å²) in [7, 11) is 0. The molecule has 0 saturated carbocycles. The molecule has 0 spiro atoms. The van der Waals surface area contributed by atoms with Crippen LogP contribution in [-0.4, -0.2) is 27.2 Å². The van der Waals surface area contributed by atoms with Gasteiger partial charge >= 0.3 is 0 Å². The van der Waals surface area contributed by atoms with Gasteiger partial charge < -0.3 is 15.3 Å². The molecule has 0 bridgehead atoms. The molecular weight excluding hydrogens is 360 g/mol. The van der Waals surface area contributed by atoms with Crippen molar-refractivity contribution in [2.75, 3.05) is 18.2 Å². The monoisotopic (exact) mass is 384 g/mol. The van der Waals surface area contributed by atoms with Gasteiger partial charge in [0.25, 0.3) is 0 Å². The van der Waals surface area contributed by atoms with Crippen LogP contribution in [0.1, 0.15) is 31.2 Å². The molecule has 0 aliphatic carbocycles. The maximum absolute atomic E-state index is 6.07. The highest BCUT2D eigenvalue weighted by molar-refractivity contribution is 7.99. The standard InChI is InChI=1S/C20H24N4O2S/c1-15(2)16-8-10-18(11-9-16)26-14-19-22-23-20(24(19)21)27-13-12-25-17-6-4-3-5-7-17/h3-11,15H,12-14,21H2,1-2H3. The molecule has 1 aromatic heterocycles. The molecule has 2 N–H and O–H groups in total. The summed E-state index contributed by atoms with van der Waals surface area (Å²) in [6, 6.07) is 17.8. The normalized spacial score (nSPS) is 10.9. The van der Waals surface area contributed by atoms with Gasteiger partial charge in [0.05, 0.1) is 6.61 Å². The molecule has 27 heavy (non-hydrogen) atoms. The van der Waals surface area contributed by atoms with E-state index in [9.17, 15) is 0 Å². The SMILES string of the molecule is CC(C)c1ccc(OCc2nnc(SCCOc3ccccc3)n2N)cc1. The molecule has 0 aliphatic heterocycles. The Morgan fingerprint density at radius 1 is 0.963 bits per heavy atom. The van der Waals surface area contributed by atoms with E-state index in [1.54, 1.807) is 0 Å². The number of nitrogens with zero attached hydrogens (tertiary/aromatic N) is 3. The van der Waals surface area contributed by atoms with E-state index in [-0.39, 0.29) is 6.61 Å². The highest BCUT2D eigenvalue weighted by Crippen LogP contribution is 2.20. The van der Waals surface area contributed by atoms with Crippen molar-refractivity contribution in [3.05, 3.63) is 66.0 Å². The van der Waals surface area contributed by atoms with E-state index in [0.29, 0.717) is 23.5 Å². The largest absolute Gasteiger partial charge is 0.493 e. The molecule has 0 saturated heterocycles. The second kappa shape index (κ2) is 9.32. The zero-order chi connectivity index (χ0) is 19.1. The minimum absolute atomic E-state index is 0.269. The maximum atomic E-state index is 6.07. The first-order valence-corrected chi connectivity index (χ1v) is 9.85. The summed E-state index contributed by atoms with van der Waals surface area (Å²) < 4.78 is 12.9. The lowest BCUT2D eigenvalue weighted by Crippen LogP contribution is -2.16. The number of para-hydroxylation sites is 1. The zero-order valence-corrected chi connectivity index (χ0v) is 16.4. The summed E-state index contributed by atoms with van der Waals surface area (Å²) in [5.41, 5.74) is 1.28. The van der Waals surface area contributed by atoms with Crippen LogP contribution < -0.4 is 15.3 Å². The molecule has 142 valence electrons. The average molecular weight is 385 g/mol. The molecule has 3 rings (SSSR count). The van der Waals surface area contributed by atoms with Crippen molar-refractivity contribution in [3.8, 4) is 11.5 Å². The van der Waals surface area contributed by atoms with Crippen LogP contribution in [-0.2, 0) is 6.61 Å². The topological polar surface area (TPSA) is 75.2 Å². The van der Waals surface area contributed by atoms with Crippen LogP contribution >= 0.6 is 11.8 Å². The van der Waals surface area contributed by atoms with Gasteiger partial charge in [-0.05, 0) is 35.7 Å². The Labute approximate surface area is 163 Å². The highest BCUT2D eigenvalue weighted by Gasteiger charge is 2.11. The van der Waals surface area contributed by atoms with Gasteiger partial charge in [-0.15, -0.1) is 10.2 Å². The van der Waals surface area contributed by atoms with Crippen molar-refractivity contribution in [3.63, 3.8) is 0 Å². The lowest BCUT2D eigenvalue weighted by Gasteiger charge is -2.09. The van der Waals surface area contributed by atoms with Crippen molar-refractivity contribution < 1.29 is 9.47 Å². The van der Waals surface area contributed by atoms with Gasteiger partial charge in [-0.3, -0.25) is 0 Å². The van der Waals surface area contributed by atoms with E-state index in [0.717, 1.165) is 17.3 Å². The number of hydrogen-bond donors (Lipinski definition) is 1. The van der Waals surface area contributed by atoms with Crippen LogP contribution in [0.5, 0.6) is 11.5 Å². The first-order chi connectivity index (χ1) is 13.1. The quantitative estimate of drug-likeness (QED) is 0.343. The molecule has 0 aliphatic rings. The second-order valence-electron chi connectivity index (χ2n) is 6.29. The van der Waals surface area contributed by atoms with Crippen molar-refractivity contribution >= 4 is 11.8 Å². The molecule has 0 unspecified atom stereocenters. The van der Waals surface area contributed by atoms with E-state index < -0.39 is 0 Å². The predicted molar refractivity (Wildman–Crippen MR) is 108 cm³/mol. The third kappa shape index (κ3) is 5.40. The summed E-state index contributed by atoms with van der Waals surface area (Å²) in [5.74, 6) is 9.51. The first-order valence-electron chi connectivity index (χ1n) is 8.86. The van der Waals surface area contributed by atoms with Crippen LogP contribution in [0.25, 0.3) is 0 Å². The summed E-state index contributed by atoms with van der Waals surface area (Å²) in [6.07, 6.45) is 0. The molecule has 3 aromatic rings. The Morgan fingerprint density at radius 2 is 1.67 bits per heavy atom. The molecule has 2 aromatic carbocycles. The Morgan fingerprint density at radius 3 is 2.37 bits per heavy atom. The Kier molecular flexibility index (Phi) is 6.59. The third-order valence-electron chi connectivity index (χ3n) is 3.98. The third-order valence-corrected chi connectivity index (χ3v) is 4.88. The van der Waals surface area contributed by atoms with Crippen molar-refractivity contribution in [1.82, 2.24) is 14.9 Å². The number of ether oxygens (including phenoxy) is 2. The Hall–Kier alpha value is -2.67. The second-order valence-corrected chi connectivity index (χ2v) is 7.35. The fraction of sp³-hybridized carbons (Fsp3) is 0.300. The van der Waals surface area contributed by atoms with Crippen LogP contribution in [0, 0.1) is 0 Å². The first kappa shape index (κ1) is 19.1. The maximum Gasteiger partial charge on any atom is 0.210 e. The molecular formula is C20H24N4O2S. The van der Waals surface area contributed by atoms with E-state index >= 15 is 0 Å². The van der Waals surface area contributed by atoms with Crippen LogP contribution in [0.3, 0.4) is 0 Å². The summed E-state index contributed by atoms with van der Waals surface area (Å²) in [5, 5.41) is 8.88. The summed E-state index contributed by atoms with van der Waals surface area (Å²) >= 11 is 1.50. The molecule has 7 heteroatoms. The van der Waals surface area contributed by atoms with Crippen molar-refractivity contribution in [2.24, 2.45) is 0 Å². The molecule has 0 radical (unpaired) electrons. The van der Waals surface area contributed by atoms with E-state index in [2.05, 4.69) is 36.2 Å². The van der Waals surface area contributed by atoms with Gasteiger partial charge in [-0.25, -0.2) is 4.68 Å². The van der Waals surface area contributed by atoms with Crippen molar-refractivity contribution in [1.29, 1.82) is 0 Å². The number of thioether (sulfide) groups is 1. The van der Waals surface area contributed by atoms with Crippen molar-refractivity contribution in [2.45, 2.75) is 31.5 Å². The fourth-order valence-corrected chi connectivity index (χ4v) is 3.10. The predicted octanol–water partition coefficient (Wildman–Crippen LogP) is 3.87. The van der Waals surface area contributed by atoms with E-state index in [1.807, 2.05) is 42.5 Å². The van der Waals surface area contributed by atoms with Gasteiger partial charge in [-0.2, -0.15) is 0 Å². The highest BCUT2D eigenvalue weighted by atomic mass is 32.2. The minimum Gasteiger partial charge on any atom is -0.493 e. The molecule has 6 nitrogen and oxygen atoms in total. The van der Waals surface area contributed by atoms with Gasteiger partial charge in [0.2, 0.25) is 5.16 Å². The number of rotatable bonds is 9. The zero-order valence-electron chi connectivity index (χ0n) is 15.5. The van der Waals surface area contributed by atoms with E-state index in [1.165, 1.54) is 22.0 Å². The van der Waals surface area contributed by atoms with Crippen LogP contribution in [0.2, 0.25) is 0 Å². The van der Waals surface area contributed by atoms with Gasteiger partial charge in [0.1, 0.15) is 18.1 Å². The average Bonchev–Trinajstić information content (AvgIpc) is 3.04.